The third-order valence-electron chi connectivity index (χ3n) is 8.74. The maximum atomic E-state index is 14.3. The minimum absolute atomic E-state index is 0.0423. The van der Waals surface area contributed by atoms with Crippen LogP contribution < -0.4 is 14.4 Å². The molecule has 0 radical (unpaired) electrons. The topological polar surface area (TPSA) is 97.1 Å². The van der Waals surface area contributed by atoms with Crippen LogP contribution in [0.5, 0.6) is 11.5 Å². The van der Waals surface area contributed by atoms with Gasteiger partial charge in [-0.2, -0.15) is 0 Å². The number of imidazole rings is 1. The van der Waals surface area contributed by atoms with Crippen LogP contribution in [0.25, 0.3) is 0 Å². The molecule has 3 atom stereocenters. The molecule has 230 valence electrons. The largest absolute Gasteiger partial charge is 0.481 e. The minimum atomic E-state index is -0.894. The number of halogens is 1. The van der Waals surface area contributed by atoms with E-state index in [2.05, 4.69) is 18.8 Å². The Hall–Kier alpha value is -3.92. The van der Waals surface area contributed by atoms with Gasteiger partial charge in [0, 0.05) is 49.2 Å². The molecule has 3 unspecified atom stereocenters. The summed E-state index contributed by atoms with van der Waals surface area (Å²) in [4.78, 5) is 35.2. The average molecular weight is 593 g/mol. The smallest absolute Gasteiger partial charge is 0.308 e. The third kappa shape index (κ3) is 6.69. The molecule has 3 aromatic rings. The molecule has 3 heterocycles. The van der Waals surface area contributed by atoms with Crippen molar-refractivity contribution in [3.8, 4) is 11.5 Å². The molecule has 1 N–H and O–H groups in total. The van der Waals surface area contributed by atoms with Crippen LogP contribution in [0.1, 0.15) is 63.0 Å². The Kier molecular flexibility index (Phi) is 9.65. The summed E-state index contributed by atoms with van der Waals surface area (Å²) >= 11 is 0. The summed E-state index contributed by atoms with van der Waals surface area (Å²) in [5.41, 5.74) is 2.00. The fraction of sp³-hybridized carbons (Fsp3) is 0.485. The number of carbonyl (C=O) groups is 2. The Morgan fingerprint density at radius 1 is 1.12 bits per heavy atom. The monoisotopic (exact) mass is 592 g/mol. The normalized spacial score (nSPS) is 19.7. The molecule has 2 aliphatic heterocycles. The van der Waals surface area contributed by atoms with Crippen LogP contribution in [0.2, 0.25) is 0 Å². The summed E-state index contributed by atoms with van der Waals surface area (Å²) in [6.07, 6.45) is 9.24. The van der Waals surface area contributed by atoms with Crippen LogP contribution in [0.4, 0.5) is 10.1 Å². The first kappa shape index (κ1) is 30.5. The zero-order chi connectivity index (χ0) is 30.5. The summed E-state index contributed by atoms with van der Waals surface area (Å²) in [6, 6.07) is 9.98. The van der Waals surface area contributed by atoms with Crippen LogP contribution in [-0.2, 0) is 16.1 Å². The molecule has 9 nitrogen and oxygen atoms in total. The van der Waals surface area contributed by atoms with Crippen molar-refractivity contribution in [1.82, 2.24) is 14.5 Å². The number of amides is 1. The van der Waals surface area contributed by atoms with Crippen molar-refractivity contribution in [2.24, 2.45) is 5.92 Å². The number of aliphatic carboxylic acids is 1. The molecule has 1 fully saturated rings. The lowest BCUT2D eigenvalue weighted by atomic mass is 9.84. The number of carboxylic acids is 1. The molecule has 1 saturated heterocycles. The number of hydrogen-bond donors (Lipinski definition) is 1. The van der Waals surface area contributed by atoms with E-state index in [1.54, 1.807) is 31.6 Å². The zero-order valence-electron chi connectivity index (χ0n) is 25.1. The number of nitrogens with zero attached hydrogens (tertiary/aromatic N) is 4. The molecule has 0 spiro atoms. The number of carbonyl (C=O) groups excluding carboxylic acids is 1. The number of anilines is 1. The molecule has 1 amide bonds. The van der Waals surface area contributed by atoms with Gasteiger partial charge in [0.2, 0.25) is 12.7 Å². The summed E-state index contributed by atoms with van der Waals surface area (Å²) in [6.45, 7) is 7.06. The molecular formula is C33H41FN4O5. The number of benzene rings is 2. The maximum Gasteiger partial charge on any atom is 0.308 e. The third-order valence-corrected chi connectivity index (χ3v) is 8.74. The highest BCUT2D eigenvalue weighted by molar-refractivity contribution is 5.95. The van der Waals surface area contributed by atoms with Crippen molar-refractivity contribution in [2.45, 2.75) is 77.4 Å². The van der Waals surface area contributed by atoms with Crippen LogP contribution in [0.3, 0.4) is 0 Å². The Bertz CT molecular complexity index is 1410. The first-order chi connectivity index (χ1) is 20.8. The van der Waals surface area contributed by atoms with Gasteiger partial charge >= 0.3 is 5.97 Å². The molecule has 0 aliphatic carbocycles. The van der Waals surface area contributed by atoms with E-state index in [9.17, 15) is 19.1 Å². The number of rotatable bonds is 13. The molecule has 5 rings (SSSR count). The molecule has 10 heteroatoms. The van der Waals surface area contributed by atoms with Gasteiger partial charge in [0.1, 0.15) is 5.82 Å². The van der Waals surface area contributed by atoms with Crippen molar-refractivity contribution >= 4 is 17.6 Å². The molecule has 2 aliphatic rings. The van der Waals surface area contributed by atoms with Crippen LogP contribution in [-0.4, -0.2) is 63.4 Å². The van der Waals surface area contributed by atoms with E-state index in [0.29, 0.717) is 42.3 Å². The number of carboxylic acid groups (broad SMARTS) is 1. The quantitative estimate of drug-likeness (QED) is 0.275. The van der Waals surface area contributed by atoms with E-state index in [1.807, 2.05) is 38.8 Å². The Balaban J connectivity index is 1.48. The molecule has 0 bridgehead atoms. The Morgan fingerprint density at radius 3 is 2.56 bits per heavy atom. The second kappa shape index (κ2) is 13.6. The van der Waals surface area contributed by atoms with Gasteiger partial charge in [0.25, 0.3) is 0 Å². The average Bonchev–Trinajstić information content (AvgIpc) is 3.74. The van der Waals surface area contributed by atoms with Gasteiger partial charge in [-0.3, -0.25) is 14.5 Å². The number of ether oxygens (including phenoxy) is 2. The Labute approximate surface area is 252 Å². The second-order valence-corrected chi connectivity index (χ2v) is 11.6. The van der Waals surface area contributed by atoms with Crippen molar-refractivity contribution in [2.75, 3.05) is 24.8 Å². The van der Waals surface area contributed by atoms with Crippen molar-refractivity contribution < 1.29 is 28.6 Å². The fourth-order valence-electron chi connectivity index (χ4n) is 6.69. The van der Waals surface area contributed by atoms with Crippen molar-refractivity contribution in [1.29, 1.82) is 0 Å². The second-order valence-electron chi connectivity index (χ2n) is 11.6. The number of aryl methyl sites for hydroxylation is 2. The standard InChI is InChI=1S/C33H41FN4O5/c1-4-6-24(7-5-2)38(25-9-10-27(34)22(3)16-25)31(39)19-37-18-26(23-8-11-29-30(17-23)43-21-42-29)32(33(40)41)28(37)12-14-36-15-13-35-20-36/h8-11,13,15-17,20,24,26,28,32H,4-7,12,14,18-19,21H2,1-3H3,(H,40,41). The van der Waals surface area contributed by atoms with Crippen LogP contribution in [0, 0.1) is 18.7 Å². The molecule has 1 aromatic heterocycles. The summed E-state index contributed by atoms with van der Waals surface area (Å²) in [5.74, 6) is -1.16. The van der Waals surface area contributed by atoms with Gasteiger partial charge in [-0.25, -0.2) is 9.37 Å². The zero-order valence-corrected chi connectivity index (χ0v) is 25.1. The van der Waals surface area contributed by atoms with E-state index in [1.165, 1.54) is 6.07 Å². The minimum Gasteiger partial charge on any atom is -0.481 e. The first-order valence-corrected chi connectivity index (χ1v) is 15.2. The van der Waals surface area contributed by atoms with Crippen molar-refractivity contribution in [3.05, 3.63) is 72.1 Å². The van der Waals surface area contributed by atoms with Crippen LogP contribution in [0.15, 0.2) is 55.1 Å². The van der Waals surface area contributed by atoms with Gasteiger partial charge < -0.3 is 24.0 Å². The molecule has 2 aromatic carbocycles. The SMILES string of the molecule is CCCC(CCC)N(C(=O)CN1CC(c2ccc3c(c2)OCO3)C(C(=O)O)C1CCn1ccnc1)c1ccc(F)c(C)c1. The number of hydrogen-bond acceptors (Lipinski definition) is 6. The molecule has 0 saturated carbocycles. The van der Waals surface area contributed by atoms with Gasteiger partial charge in [-0.05, 0) is 67.6 Å². The highest BCUT2D eigenvalue weighted by Gasteiger charge is 2.47. The maximum absolute atomic E-state index is 14.3. The predicted octanol–water partition coefficient (Wildman–Crippen LogP) is 5.62. The molecule has 43 heavy (non-hydrogen) atoms. The predicted molar refractivity (Wildman–Crippen MR) is 161 cm³/mol. The first-order valence-electron chi connectivity index (χ1n) is 15.2. The van der Waals surface area contributed by atoms with Gasteiger partial charge in [-0.1, -0.05) is 32.8 Å². The van der Waals surface area contributed by atoms with Crippen LogP contribution >= 0.6 is 0 Å². The molecular weight excluding hydrogens is 551 g/mol. The summed E-state index contributed by atoms with van der Waals surface area (Å²) < 4.78 is 27.3. The Morgan fingerprint density at radius 2 is 1.88 bits per heavy atom. The lowest BCUT2D eigenvalue weighted by molar-refractivity contribution is -0.143. The van der Waals surface area contributed by atoms with E-state index >= 15 is 0 Å². The summed E-state index contributed by atoms with van der Waals surface area (Å²) in [5, 5.41) is 10.6. The van der Waals surface area contributed by atoms with Gasteiger partial charge in [0.15, 0.2) is 11.5 Å². The van der Waals surface area contributed by atoms with E-state index in [0.717, 1.165) is 31.2 Å². The fourth-order valence-corrected chi connectivity index (χ4v) is 6.69. The van der Waals surface area contributed by atoms with E-state index in [4.69, 9.17) is 9.47 Å². The van der Waals surface area contributed by atoms with E-state index < -0.39 is 17.9 Å². The highest BCUT2D eigenvalue weighted by Crippen LogP contribution is 2.43. The number of fused-ring (bicyclic) bond motifs is 1. The van der Waals surface area contributed by atoms with Gasteiger partial charge in [0.05, 0.1) is 18.8 Å². The number of likely N-dealkylation sites (tertiary alicyclic amines) is 1. The summed E-state index contributed by atoms with van der Waals surface area (Å²) in [7, 11) is 0. The lowest BCUT2D eigenvalue weighted by Crippen LogP contribution is -2.48. The van der Waals surface area contributed by atoms with Crippen molar-refractivity contribution in [3.63, 3.8) is 0 Å². The lowest BCUT2D eigenvalue weighted by Gasteiger charge is -2.35. The highest BCUT2D eigenvalue weighted by atomic mass is 19.1. The van der Waals surface area contributed by atoms with Gasteiger partial charge in [-0.15, -0.1) is 0 Å². The van der Waals surface area contributed by atoms with E-state index in [-0.39, 0.29) is 37.0 Å². The number of aromatic nitrogens is 2.